The maximum atomic E-state index is 10.6. The van der Waals surface area contributed by atoms with Crippen molar-refractivity contribution in [2.24, 2.45) is 5.92 Å². The zero-order chi connectivity index (χ0) is 10.9. The van der Waals surface area contributed by atoms with E-state index in [1.165, 1.54) is 4.68 Å². The molecule has 1 aromatic rings. The fraction of sp³-hybridized carbons (Fsp3) is 0.625. The lowest BCUT2D eigenvalue weighted by atomic mass is 10.2. The SMILES string of the molecule is Cc1nn(CC(C)C)c(Cl)c1[N+](=O)[O-]. The van der Waals surface area contributed by atoms with Crippen LogP contribution < -0.4 is 0 Å². The Bertz CT molecular complexity index is 360. The summed E-state index contributed by atoms with van der Waals surface area (Å²) in [5.74, 6) is 0.353. The van der Waals surface area contributed by atoms with Gasteiger partial charge in [-0.25, -0.2) is 4.68 Å². The summed E-state index contributed by atoms with van der Waals surface area (Å²) in [6.45, 7) is 6.17. The standard InChI is InChI=1S/C8H12ClN3O2/c1-5(2)4-11-8(9)7(12(13)14)6(3)10-11/h5H,4H2,1-3H3. The molecule has 0 spiro atoms. The first-order valence-corrected chi connectivity index (χ1v) is 4.68. The van der Waals surface area contributed by atoms with Crippen molar-refractivity contribution in [2.75, 3.05) is 0 Å². The topological polar surface area (TPSA) is 61.0 Å². The molecule has 78 valence electrons. The summed E-state index contributed by atoms with van der Waals surface area (Å²) in [4.78, 5) is 10.1. The molecule has 0 bridgehead atoms. The number of aryl methyl sites for hydroxylation is 1. The minimum absolute atomic E-state index is 0.0904. The summed E-state index contributed by atoms with van der Waals surface area (Å²) in [5, 5.41) is 14.7. The van der Waals surface area contributed by atoms with E-state index < -0.39 is 4.92 Å². The third kappa shape index (κ3) is 2.04. The zero-order valence-electron chi connectivity index (χ0n) is 8.32. The normalized spacial score (nSPS) is 10.9. The number of nitrogens with zero attached hydrogens (tertiary/aromatic N) is 3. The van der Waals surface area contributed by atoms with Crippen molar-refractivity contribution >= 4 is 17.3 Å². The van der Waals surface area contributed by atoms with Gasteiger partial charge in [-0.1, -0.05) is 25.4 Å². The molecule has 0 amide bonds. The van der Waals surface area contributed by atoms with Gasteiger partial charge in [-0.3, -0.25) is 10.1 Å². The van der Waals surface area contributed by atoms with Crippen LogP contribution >= 0.6 is 11.6 Å². The number of halogens is 1. The van der Waals surface area contributed by atoms with Crippen LogP contribution in [0.2, 0.25) is 5.15 Å². The summed E-state index contributed by atoms with van der Waals surface area (Å²) in [5.41, 5.74) is 0.271. The molecule has 14 heavy (non-hydrogen) atoms. The molecule has 5 nitrogen and oxygen atoms in total. The molecule has 0 unspecified atom stereocenters. The molecule has 0 saturated heterocycles. The van der Waals surface area contributed by atoms with E-state index in [4.69, 9.17) is 11.6 Å². The largest absolute Gasteiger partial charge is 0.328 e. The fourth-order valence-electron chi connectivity index (χ4n) is 1.22. The van der Waals surface area contributed by atoms with Gasteiger partial charge in [0.05, 0.1) is 4.92 Å². The second kappa shape index (κ2) is 3.96. The minimum atomic E-state index is -0.499. The monoisotopic (exact) mass is 217 g/mol. The van der Waals surface area contributed by atoms with Crippen LogP contribution in [0, 0.1) is 23.0 Å². The van der Waals surface area contributed by atoms with Crippen molar-refractivity contribution in [3.63, 3.8) is 0 Å². The van der Waals surface area contributed by atoms with Gasteiger partial charge in [0.1, 0.15) is 5.69 Å². The second-order valence-corrected chi connectivity index (χ2v) is 3.92. The first-order chi connectivity index (χ1) is 6.43. The van der Waals surface area contributed by atoms with Crippen LogP contribution in [-0.2, 0) is 6.54 Å². The highest BCUT2D eigenvalue weighted by Crippen LogP contribution is 2.27. The maximum Gasteiger partial charge on any atom is 0.328 e. The van der Waals surface area contributed by atoms with Crippen LogP contribution in [-0.4, -0.2) is 14.7 Å². The number of aromatic nitrogens is 2. The smallest absolute Gasteiger partial charge is 0.258 e. The van der Waals surface area contributed by atoms with Crippen LogP contribution in [0.3, 0.4) is 0 Å². The molecule has 0 aromatic carbocycles. The maximum absolute atomic E-state index is 10.6. The highest BCUT2D eigenvalue weighted by Gasteiger charge is 2.23. The Morgan fingerprint density at radius 1 is 1.64 bits per heavy atom. The van der Waals surface area contributed by atoms with E-state index in [1.807, 2.05) is 13.8 Å². The average Bonchev–Trinajstić information content (AvgIpc) is 2.25. The van der Waals surface area contributed by atoms with Gasteiger partial charge in [-0.15, -0.1) is 0 Å². The van der Waals surface area contributed by atoms with Crippen LogP contribution in [0.15, 0.2) is 0 Å². The van der Waals surface area contributed by atoms with Gasteiger partial charge in [0.15, 0.2) is 0 Å². The van der Waals surface area contributed by atoms with Crippen LogP contribution in [0.1, 0.15) is 19.5 Å². The van der Waals surface area contributed by atoms with Gasteiger partial charge in [-0.05, 0) is 12.8 Å². The summed E-state index contributed by atoms with van der Waals surface area (Å²) < 4.78 is 1.47. The fourth-order valence-corrected chi connectivity index (χ4v) is 1.53. The van der Waals surface area contributed by atoms with E-state index >= 15 is 0 Å². The highest BCUT2D eigenvalue weighted by molar-refractivity contribution is 6.31. The van der Waals surface area contributed by atoms with Gasteiger partial charge in [0.2, 0.25) is 5.15 Å². The van der Waals surface area contributed by atoms with E-state index in [0.717, 1.165) is 0 Å². The molecule has 1 aromatic heterocycles. The Morgan fingerprint density at radius 3 is 2.57 bits per heavy atom. The van der Waals surface area contributed by atoms with Gasteiger partial charge in [0.25, 0.3) is 0 Å². The molecule has 0 aliphatic heterocycles. The first kappa shape index (κ1) is 11.0. The highest BCUT2D eigenvalue weighted by atomic mass is 35.5. The Kier molecular flexibility index (Phi) is 3.10. The molecule has 0 aliphatic carbocycles. The molecular formula is C8H12ClN3O2. The van der Waals surface area contributed by atoms with E-state index in [2.05, 4.69) is 5.10 Å². The van der Waals surface area contributed by atoms with Crippen LogP contribution in [0.4, 0.5) is 5.69 Å². The lowest BCUT2D eigenvalue weighted by Gasteiger charge is -2.04. The number of hydrogen-bond acceptors (Lipinski definition) is 3. The summed E-state index contributed by atoms with van der Waals surface area (Å²) in [6, 6.07) is 0. The first-order valence-electron chi connectivity index (χ1n) is 4.30. The van der Waals surface area contributed by atoms with Crippen LogP contribution in [0.25, 0.3) is 0 Å². The van der Waals surface area contributed by atoms with Gasteiger partial charge in [-0.2, -0.15) is 5.10 Å². The summed E-state index contributed by atoms with van der Waals surface area (Å²) >= 11 is 5.83. The van der Waals surface area contributed by atoms with Gasteiger partial charge < -0.3 is 0 Å². The predicted octanol–water partition coefficient (Wildman–Crippen LogP) is 2.41. The second-order valence-electron chi connectivity index (χ2n) is 3.56. The van der Waals surface area contributed by atoms with E-state index in [1.54, 1.807) is 6.92 Å². The van der Waals surface area contributed by atoms with Crippen molar-refractivity contribution in [2.45, 2.75) is 27.3 Å². The van der Waals surface area contributed by atoms with Gasteiger partial charge >= 0.3 is 5.69 Å². The number of hydrogen-bond donors (Lipinski definition) is 0. The molecule has 1 rings (SSSR count). The molecule has 0 fully saturated rings. The third-order valence-electron chi connectivity index (χ3n) is 1.76. The molecule has 0 saturated carbocycles. The summed E-state index contributed by atoms with van der Waals surface area (Å²) in [7, 11) is 0. The van der Waals surface area contributed by atoms with E-state index in [-0.39, 0.29) is 10.8 Å². The third-order valence-corrected chi connectivity index (χ3v) is 2.13. The summed E-state index contributed by atoms with van der Waals surface area (Å²) in [6.07, 6.45) is 0. The number of nitro groups is 1. The molecule has 1 heterocycles. The molecule has 0 radical (unpaired) electrons. The molecule has 0 N–H and O–H groups in total. The molecular weight excluding hydrogens is 206 g/mol. The average molecular weight is 218 g/mol. The van der Waals surface area contributed by atoms with Crippen molar-refractivity contribution < 1.29 is 4.92 Å². The predicted molar refractivity (Wildman–Crippen MR) is 53.5 cm³/mol. The van der Waals surface area contributed by atoms with Crippen molar-refractivity contribution in [1.29, 1.82) is 0 Å². The Hall–Kier alpha value is -1.10. The zero-order valence-corrected chi connectivity index (χ0v) is 9.08. The van der Waals surface area contributed by atoms with Crippen molar-refractivity contribution in [1.82, 2.24) is 9.78 Å². The lowest BCUT2D eigenvalue weighted by molar-refractivity contribution is -0.385. The minimum Gasteiger partial charge on any atom is -0.258 e. The van der Waals surface area contributed by atoms with Gasteiger partial charge in [0, 0.05) is 6.54 Å². The molecule has 6 heteroatoms. The lowest BCUT2D eigenvalue weighted by Crippen LogP contribution is -2.06. The Balaban J connectivity index is 3.10. The Labute approximate surface area is 86.8 Å². The quantitative estimate of drug-likeness (QED) is 0.577. The Morgan fingerprint density at radius 2 is 2.21 bits per heavy atom. The van der Waals surface area contributed by atoms with Crippen LogP contribution in [0.5, 0.6) is 0 Å². The molecule has 0 atom stereocenters. The van der Waals surface area contributed by atoms with Crippen molar-refractivity contribution in [3.05, 3.63) is 21.0 Å². The van der Waals surface area contributed by atoms with E-state index in [9.17, 15) is 10.1 Å². The van der Waals surface area contributed by atoms with E-state index in [0.29, 0.717) is 18.2 Å². The molecule has 0 aliphatic rings. The van der Waals surface area contributed by atoms with Crippen molar-refractivity contribution in [3.8, 4) is 0 Å². The number of rotatable bonds is 3.